The van der Waals surface area contributed by atoms with E-state index < -0.39 is 5.97 Å². The first kappa shape index (κ1) is 15.3. The van der Waals surface area contributed by atoms with Gasteiger partial charge in [0.15, 0.2) is 0 Å². The van der Waals surface area contributed by atoms with Crippen LogP contribution < -0.4 is 5.32 Å². The van der Waals surface area contributed by atoms with Gasteiger partial charge in [0.2, 0.25) is 0 Å². The summed E-state index contributed by atoms with van der Waals surface area (Å²) < 4.78 is 0. The van der Waals surface area contributed by atoms with Gasteiger partial charge in [-0.05, 0) is 50.4 Å². The molecule has 3 saturated carbocycles. The van der Waals surface area contributed by atoms with Gasteiger partial charge in [0.05, 0.1) is 6.54 Å². The maximum atomic E-state index is 11.0. The molecule has 0 radical (unpaired) electrons. The third-order valence-corrected chi connectivity index (χ3v) is 5.72. The van der Waals surface area contributed by atoms with E-state index in [1.54, 1.807) is 0 Å². The third-order valence-electron chi connectivity index (χ3n) is 5.72. The number of rotatable bonds is 7. The van der Waals surface area contributed by atoms with Crippen LogP contribution in [0.1, 0.15) is 58.3 Å². The third kappa shape index (κ3) is 4.19. The summed E-state index contributed by atoms with van der Waals surface area (Å²) in [6, 6.07) is 1.82. The second kappa shape index (κ2) is 6.66. The first-order chi connectivity index (χ1) is 10.1. The van der Waals surface area contributed by atoms with Gasteiger partial charge in [-0.15, -0.1) is 0 Å². The molecule has 120 valence electrons. The van der Waals surface area contributed by atoms with Crippen LogP contribution in [-0.4, -0.2) is 47.2 Å². The number of aliphatic carboxylic acids is 1. The molecule has 0 heterocycles. The Morgan fingerprint density at radius 1 is 1.19 bits per heavy atom. The lowest BCUT2D eigenvalue weighted by molar-refractivity contribution is -0.139. The summed E-state index contributed by atoms with van der Waals surface area (Å²) in [5, 5.41) is 12.9. The molecule has 2 unspecified atom stereocenters. The topological polar surface area (TPSA) is 52.6 Å². The lowest BCUT2D eigenvalue weighted by atomic mass is 9.81. The van der Waals surface area contributed by atoms with E-state index in [2.05, 4.69) is 17.1 Å². The summed E-state index contributed by atoms with van der Waals surface area (Å²) in [6.45, 7) is 3.61. The van der Waals surface area contributed by atoms with E-state index in [9.17, 15) is 4.79 Å². The maximum absolute atomic E-state index is 11.0. The zero-order valence-corrected chi connectivity index (χ0v) is 13.3. The van der Waals surface area contributed by atoms with Crippen molar-refractivity contribution in [3.8, 4) is 0 Å². The van der Waals surface area contributed by atoms with Gasteiger partial charge in [0, 0.05) is 24.7 Å². The highest BCUT2D eigenvalue weighted by atomic mass is 16.4. The van der Waals surface area contributed by atoms with Crippen LogP contribution in [-0.2, 0) is 4.79 Å². The highest BCUT2D eigenvalue weighted by molar-refractivity contribution is 5.69. The normalized spacial score (nSPS) is 36.5. The highest BCUT2D eigenvalue weighted by Crippen LogP contribution is 2.34. The van der Waals surface area contributed by atoms with E-state index in [0.717, 1.165) is 31.2 Å². The van der Waals surface area contributed by atoms with Crippen LogP contribution in [0.5, 0.6) is 0 Å². The summed E-state index contributed by atoms with van der Waals surface area (Å²) in [5.74, 6) is 0.905. The molecule has 0 bridgehead atoms. The smallest absolute Gasteiger partial charge is 0.317 e. The quantitative estimate of drug-likeness (QED) is 0.757. The van der Waals surface area contributed by atoms with Crippen molar-refractivity contribution in [1.29, 1.82) is 0 Å². The molecule has 0 spiro atoms. The van der Waals surface area contributed by atoms with Gasteiger partial charge >= 0.3 is 5.97 Å². The van der Waals surface area contributed by atoms with Gasteiger partial charge in [0.1, 0.15) is 0 Å². The Morgan fingerprint density at radius 3 is 2.52 bits per heavy atom. The summed E-state index contributed by atoms with van der Waals surface area (Å²) >= 11 is 0. The lowest BCUT2D eigenvalue weighted by Gasteiger charge is -2.45. The van der Waals surface area contributed by atoms with E-state index in [1.165, 1.54) is 38.5 Å². The predicted molar refractivity (Wildman–Crippen MR) is 83.3 cm³/mol. The van der Waals surface area contributed by atoms with E-state index in [-0.39, 0.29) is 6.54 Å². The van der Waals surface area contributed by atoms with Gasteiger partial charge in [-0.3, -0.25) is 9.69 Å². The number of hydrogen-bond acceptors (Lipinski definition) is 3. The van der Waals surface area contributed by atoms with Gasteiger partial charge in [0.25, 0.3) is 0 Å². The van der Waals surface area contributed by atoms with Gasteiger partial charge in [-0.1, -0.05) is 19.8 Å². The fourth-order valence-electron chi connectivity index (χ4n) is 4.04. The number of nitrogens with zero attached hydrogens (tertiary/aromatic N) is 1. The Hall–Kier alpha value is -0.610. The van der Waals surface area contributed by atoms with Crippen molar-refractivity contribution < 1.29 is 9.90 Å². The van der Waals surface area contributed by atoms with Crippen LogP contribution >= 0.6 is 0 Å². The van der Waals surface area contributed by atoms with Crippen LogP contribution in [0.2, 0.25) is 0 Å². The number of carbonyl (C=O) groups is 1. The van der Waals surface area contributed by atoms with Gasteiger partial charge in [-0.25, -0.2) is 0 Å². The zero-order chi connectivity index (χ0) is 14.8. The molecular formula is C17H30N2O2. The first-order valence-corrected chi connectivity index (χ1v) is 8.83. The molecule has 21 heavy (non-hydrogen) atoms. The summed E-state index contributed by atoms with van der Waals surface area (Å²) in [4.78, 5) is 13.3. The molecule has 4 nitrogen and oxygen atoms in total. The molecule has 0 aromatic carbocycles. The second-order valence-corrected chi connectivity index (χ2v) is 7.62. The number of carboxylic acids is 1. The Kier molecular flexibility index (Phi) is 4.85. The molecule has 0 amide bonds. The van der Waals surface area contributed by atoms with E-state index >= 15 is 0 Å². The minimum atomic E-state index is -0.673. The monoisotopic (exact) mass is 294 g/mol. The van der Waals surface area contributed by atoms with Crippen LogP contribution in [0.25, 0.3) is 0 Å². The molecule has 2 N–H and O–H groups in total. The largest absolute Gasteiger partial charge is 0.480 e. The molecule has 0 aromatic heterocycles. The fourth-order valence-corrected chi connectivity index (χ4v) is 4.04. The highest BCUT2D eigenvalue weighted by Gasteiger charge is 2.38. The Bertz CT molecular complexity index is 364. The van der Waals surface area contributed by atoms with Crippen LogP contribution in [0.4, 0.5) is 0 Å². The van der Waals surface area contributed by atoms with Crippen LogP contribution in [0.3, 0.4) is 0 Å². The average Bonchev–Trinajstić information content (AvgIpc) is 3.18. The molecule has 0 saturated heterocycles. The van der Waals surface area contributed by atoms with E-state index in [4.69, 9.17) is 5.11 Å². The maximum Gasteiger partial charge on any atom is 0.317 e. The molecule has 0 aromatic rings. The molecule has 3 rings (SSSR count). The summed E-state index contributed by atoms with van der Waals surface area (Å²) in [5.41, 5.74) is 0. The molecule has 4 heteroatoms. The lowest BCUT2D eigenvalue weighted by Crippen LogP contribution is -2.57. The molecule has 0 aliphatic heterocycles. The fraction of sp³-hybridized carbons (Fsp3) is 0.941. The van der Waals surface area contributed by atoms with Crippen molar-refractivity contribution in [3.63, 3.8) is 0 Å². The Balaban J connectivity index is 1.43. The van der Waals surface area contributed by atoms with Crippen molar-refractivity contribution >= 4 is 5.97 Å². The predicted octanol–water partition coefficient (Wildman–Crippen LogP) is 2.48. The summed E-state index contributed by atoms with van der Waals surface area (Å²) in [6.07, 6.45) is 10.3. The Labute approximate surface area is 128 Å². The van der Waals surface area contributed by atoms with Crippen molar-refractivity contribution in [1.82, 2.24) is 10.2 Å². The molecule has 3 aliphatic rings. The second-order valence-electron chi connectivity index (χ2n) is 7.62. The van der Waals surface area contributed by atoms with E-state index in [1.807, 2.05) is 0 Å². The van der Waals surface area contributed by atoms with Crippen molar-refractivity contribution in [2.45, 2.75) is 76.4 Å². The van der Waals surface area contributed by atoms with Gasteiger partial charge in [-0.2, -0.15) is 0 Å². The minimum absolute atomic E-state index is 0.230. The molecule has 3 aliphatic carbocycles. The molecule has 2 atom stereocenters. The SMILES string of the molecule is CC1CCCCC1NC1CC(N(CC(=O)O)CC2CC2)C1. The standard InChI is InChI=1S/C17H30N2O2/c1-12-4-2-3-5-16(12)18-14-8-15(9-14)19(11-17(20)21)10-13-6-7-13/h12-16,18H,2-11H2,1H3,(H,20,21). The number of nitrogens with one attached hydrogen (secondary N) is 1. The molecular weight excluding hydrogens is 264 g/mol. The van der Waals surface area contributed by atoms with Crippen molar-refractivity contribution in [2.75, 3.05) is 13.1 Å². The number of carboxylic acid groups (broad SMARTS) is 1. The Morgan fingerprint density at radius 2 is 1.90 bits per heavy atom. The van der Waals surface area contributed by atoms with E-state index in [0.29, 0.717) is 18.1 Å². The first-order valence-electron chi connectivity index (χ1n) is 8.83. The molecule has 3 fully saturated rings. The van der Waals surface area contributed by atoms with Crippen molar-refractivity contribution in [3.05, 3.63) is 0 Å². The average molecular weight is 294 g/mol. The van der Waals surface area contributed by atoms with Gasteiger partial charge < -0.3 is 10.4 Å². The minimum Gasteiger partial charge on any atom is -0.480 e. The number of hydrogen-bond donors (Lipinski definition) is 2. The van der Waals surface area contributed by atoms with Crippen molar-refractivity contribution in [2.24, 2.45) is 11.8 Å². The van der Waals surface area contributed by atoms with Crippen LogP contribution in [0, 0.1) is 11.8 Å². The van der Waals surface area contributed by atoms with Crippen LogP contribution in [0.15, 0.2) is 0 Å². The zero-order valence-electron chi connectivity index (χ0n) is 13.3. The summed E-state index contributed by atoms with van der Waals surface area (Å²) in [7, 11) is 0.